The highest BCUT2D eigenvalue weighted by Crippen LogP contribution is 2.16. The number of methoxy groups -OCH3 is 1. The molecule has 10 heteroatoms. The molecule has 0 unspecified atom stereocenters. The minimum Gasteiger partial charge on any atom is -0.507 e. The predicted octanol–water partition coefficient (Wildman–Crippen LogP) is 0.769. The van der Waals surface area contributed by atoms with Gasteiger partial charge in [0, 0.05) is 0 Å². The number of hydrogen-bond donors (Lipinski definition) is 4. The number of rotatable bonds is 6. The van der Waals surface area contributed by atoms with Crippen molar-refractivity contribution in [3.63, 3.8) is 0 Å². The summed E-state index contributed by atoms with van der Waals surface area (Å²) in [5.41, 5.74) is 0.813. The summed E-state index contributed by atoms with van der Waals surface area (Å²) in [5.74, 6) is -0.935. The first-order chi connectivity index (χ1) is 14.4. The molecule has 0 spiro atoms. The summed E-state index contributed by atoms with van der Waals surface area (Å²) in [6.07, 6.45) is 0.913. The number of nitrogens with one attached hydrogen (secondary N) is 2. The Morgan fingerprint density at radius 2 is 1.87 bits per heavy atom. The van der Waals surface area contributed by atoms with Gasteiger partial charge in [-0.3, -0.25) is 19.1 Å². The van der Waals surface area contributed by atoms with Crippen molar-refractivity contribution >= 4 is 12.1 Å². The highest BCUT2D eigenvalue weighted by molar-refractivity contribution is 5.97. The lowest BCUT2D eigenvalue weighted by atomic mass is 10.2. The first kappa shape index (κ1) is 20.4. The average molecular weight is 410 g/mol. The summed E-state index contributed by atoms with van der Waals surface area (Å²) >= 11 is 0. The first-order valence-corrected chi connectivity index (χ1v) is 8.71. The molecule has 10 nitrogen and oxygen atoms in total. The van der Waals surface area contributed by atoms with Crippen LogP contribution < -0.4 is 21.4 Å². The molecule has 0 bridgehead atoms. The normalized spacial score (nSPS) is 10.8. The maximum Gasteiger partial charge on any atom is 0.331 e. The van der Waals surface area contributed by atoms with Gasteiger partial charge < -0.3 is 14.9 Å². The maximum atomic E-state index is 12.1. The third-order valence-electron chi connectivity index (χ3n) is 4.21. The third-order valence-corrected chi connectivity index (χ3v) is 4.21. The number of hydrogen-bond acceptors (Lipinski definition) is 7. The highest BCUT2D eigenvalue weighted by Gasteiger charge is 2.14. The summed E-state index contributed by atoms with van der Waals surface area (Å²) in [6.45, 7) is -0.0173. The number of benzene rings is 2. The van der Waals surface area contributed by atoms with E-state index in [-0.39, 0.29) is 23.4 Å². The van der Waals surface area contributed by atoms with Crippen molar-refractivity contribution in [1.82, 2.24) is 15.0 Å². The number of hydrazone groups is 1. The summed E-state index contributed by atoms with van der Waals surface area (Å²) in [6, 6.07) is 12.6. The number of aromatic hydroxyl groups is 2. The molecule has 4 N–H and O–H groups in total. The van der Waals surface area contributed by atoms with Crippen LogP contribution in [0.2, 0.25) is 0 Å². The van der Waals surface area contributed by atoms with E-state index in [2.05, 4.69) is 15.5 Å². The molecule has 0 radical (unpaired) electrons. The Kier molecular flexibility index (Phi) is 5.97. The van der Waals surface area contributed by atoms with Crippen LogP contribution in [0, 0.1) is 0 Å². The predicted molar refractivity (Wildman–Crippen MR) is 108 cm³/mol. The molecule has 1 aromatic heterocycles. The molecule has 0 aliphatic rings. The monoisotopic (exact) mass is 410 g/mol. The zero-order valence-corrected chi connectivity index (χ0v) is 15.8. The van der Waals surface area contributed by atoms with Crippen molar-refractivity contribution in [2.75, 3.05) is 7.11 Å². The topological polar surface area (TPSA) is 146 Å². The van der Waals surface area contributed by atoms with Crippen LogP contribution in [0.3, 0.4) is 0 Å². The van der Waals surface area contributed by atoms with E-state index in [0.717, 1.165) is 10.8 Å². The fraction of sp³-hybridized carbons (Fsp3) is 0.100. The number of carbonyl (C=O) groups is 1. The number of aromatic amines is 1. The molecule has 0 saturated carbocycles. The quantitative estimate of drug-likeness (QED) is 0.349. The molecule has 0 saturated heterocycles. The average Bonchev–Trinajstić information content (AvgIpc) is 2.74. The number of phenolic OH excluding ortho intramolecular Hbond substituents is 1. The number of phenols is 1. The molecule has 0 atom stereocenters. The van der Waals surface area contributed by atoms with Gasteiger partial charge in [-0.25, -0.2) is 10.2 Å². The zero-order chi connectivity index (χ0) is 21.7. The van der Waals surface area contributed by atoms with E-state index < -0.39 is 23.0 Å². The van der Waals surface area contributed by atoms with Crippen LogP contribution in [0.5, 0.6) is 17.4 Å². The lowest BCUT2D eigenvalue weighted by Gasteiger charge is -2.10. The Bertz CT molecular complexity index is 1210. The van der Waals surface area contributed by atoms with Gasteiger partial charge in [0.15, 0.2) is 0 Å². The Balaban J connectivity index is 1.84. The molecule has 30 heavy (non-hydrogen) atoms. The molecular weight excluding hydrogens is 392 g/mol. The number of aromatic nitrogens is 2. The van der Waals surface area contributed by atoms with E-state index in [0.29, 0.717) is 11.3 Å². The number of H-pyrrole nitrogens is 1. The Morgan fingerprint density at radius 1 is 1.17 bits per heavy atom. The van der Waals surface area contributed by atoms with Crippen molar-refractivity contribution in [3.05, 3.63) is 86.1 Å². The van der Waals surface area contributed by atoms with Crippen molar-refractivity contribution in [1.29, 1.82) is 0 Å². The molecule has 0 fully saturated rings. The Hall–Kier alpha value is -4.34. The van der Waals surface area contributed by atoms with Crippen molar-refractivity contribution in [2.45, 2.75) is 6.54 Å². The van der Waals surface area contributed by atoms with Crippen LogP contribution >= 0.6 is 0 Å². The number of para-hydroxylation sites is 1. The van der Waals surface area contributed by atoms with E-state index in [1.807, 2.05) is 0 Å². The van der Waals surface area contributed by atoms with Crippen LogP contribution in [0.1, 0.15) is 21.5 Å². The number of carbonyl (C=O) groups excluding carboxylic acids is 1. The second kappa shape index (κ2) is 8.78. The third kappa shape index (κ3) is 4.38. The minimum atomic E-state index is -0.871. The second-order valence-corrected chi connectivity index (χ2v) is 6.15. The molecule has 1 amide bonds. The lowest BCUT2D eigenvalue weighted by Crippen LogP contribution is -2.32. The van der Waals surface area contributed by atoms with Crippen LogP contribution in [0.15, 0.2) is 63.2 Å². The van der Waals surface area contributed by atoms with E-state index in [9.17, 15) is 24.6 Å². The minimum absolute atomic E-state index is 0.0164. The molecule has 2 aromatic carbocycles. The van der Waals surface area contributed by atoms with Gasteiger partial charge in [0.05, 0.1) is 25.4 Å². The van der Waals surface area contributed by atoms with Gasteiger partial charge in [0.2, 0.25) is 5.88 Å². The second-order valence-electron chi connectivity index (χ2n) is 6.15. The highest BCUT2D eigenvalue weighted by atomic mass is 16.5. The van der Waals surface area contributed by atoms with Gasteiger partial charge in [-0.15, -0.1) is 0 Å². The Labute approximate surface area is 169 Å². The maximum absolute atomic E-state index is 12.1. The summed E-state index contributed by atoms with van der Waals surface area (Å²) in [7, 11) is 1.52. The van der Waals surface area contributed by atoms with E-state index in [1.165, 1.54) is 19.2 Å². The molecule has 0 aliphatic carbocycles. The largest absolute Gasteiger partial charge is 0.507 e. The first-order valence-electron chi connectivity index (χ1n) is 8.71. The fourth-order valence-corrected chi connectivity index (χ4v) is 2.63. The van der Waals surface area contributed by atoms with Gasteiger partial charge in [-0.05, 0) is 29.8 Å². The summed E-state index contributed by atoms with van der Waals surface area (Å²) in [4.78, 5) is 38.3. The Morgan fingerprint density at radius 3 is 2.53 bits per heavy atom. The van der Waals surface area contributed by atoms with Crippen molar-refractivity contribution < 1.29 is 19.7 Å². The van der Waals surface area contributed by atoms with Gasteiger partial charge in [0.1, 0.15) is 17.1 Å². The number of ether oxygens (including phenoxy) is 1. The van der Waals surface area contributed by atoms with Crippen LogP contribution in [0.25, 0.3) is 0 Å². The van der Waals surface area contributed by atoms with E-state index in [1.54, 1.807) is 36.4 Å². The van der Waals surface area contributed by atoms with E-state index >= 15 is 0 Å². The summed E-state index contributed by atoms with van der Waals surface area (Å²) in [5, 5.41) is 23.7. The van der Waals surface area contributed by atoms with Crippen molar-refractivity contribution in [3.8, 4) is 17.4 Å². The molecular formula is C20H18N4O6. The number of nitrogens with zero attached hydrogens (tertiary/aromatic N) is 2. The zero-order valence-electron chi connectivity index (χ0n) is 15.8. The van der Waals surface area contributed by atoms with Gasteiger partial charge >= 0.3 is 5.69 Å². The van der Waals surface area contributed by atoms with Crippen molar-refractivity contribution in [2.24, 2.45) is 5.10 Å². The molecule has 0 aliphatic heterocycles. The summed E-state index contributed by atoms with van der Waals surface area (Å²) < 4.78 is 6.03. The lowest BCUT2D eigenvalue weighted by molar-refractivity contribution is 0.0952. The molecule has 1 heterocycles. The molecule has 154 valence electrons. The van der Waals surface area contributed by atoms with Crippen LogP contribution in [-0.4, -0.2) is 39.0 Å². The van der Waals surface area contributed by atoms with Crippen LogP contribution in [0.4, 0.5) is 0 Å². The number of amides is 1. The standard InChI is InChI=1S/C20H18N4O6/c1-30-13-8-6-12(7-9-13)11-24-19(28)15(17(26)22-20(24)29)10-21-23-18(27)14-4-2-3-5-16(14)25/h2-10,25,28H,11H2,1H3,(H,23,27)(H,22,26,29). The van der Waals surface area contributed by atoms with Gasteiger partial charge in [-0.2, -0.15) is 5.10 Å². The SMILES string of the molecule is COc1ccc(Cn2c(O)c(C=NNC(=O)c3ccccc3O)c(=O)[nH]c2=O)cc1. The molecule has 3 rings (SSSR count). The fourth-order valence-electron chi connectivity index (χ4n) is 2.63. The van der Waals surface area contributed by atoms with Gasteiger partial charge in [-0.1, -0.05) is 24.3 Å². The van der Waals surface area contributed by atoms with Crippen LogP contribution in [-0.2, 0) is 6.54 Å². The smallest absolute Gasteiger partial charge is 0.331 e. The van der Waals surface area contributed by atoms with Gasteiger partial charge in [0.25, 0.3) is 11.5 Å². The molecule has 3 aromatic rings. The van der Waals surface area contributed by atoms with E-state index in [4.69, 9.17) is 4.74 Å².